The molecule has 3 aliphatic rings. The SMILES string of the molecule is C[C@]12CC[C@@H]3c4cc(OCC(F)(F)F)c(O)cc4/C(=N\O)C[C@H]3[C@@H]1CC[C@@H]2O. The molecule has 3 N–H and O–H groups in total. The molecule has 5 atom stereocenters. The van der Waals surface area contributed by atoms with Crippen LogP contribution < -0.4 is 4.74 Å². The highest BCUT2D eigenvalue weighted by Crippen LogP contribution is 2.61. The van der Waals surface area contributed by atoms with Crippen LogP contribution in [-0.4, -0.2) is 40.0 Å². The molecule has 154 valence electrons. The van der Waals surface area contributed by atoms with E-state index >= 15 is 0 Å². The molecule has 2 saturated carbocycles. The van der Waals surface area contributed by atoms with Gasteiger partial charge in [-0.1, -0.05) is 12.1 Å². The van der Waals surface area contributed by atoms with E-state index in [-0.39, 0.29) is 35.0 Å². The standard InChI is InChI=1S/C20H24F3NO4/c1-19-5-4-10-11-8-17(28-9-20(21,22)23)16(25)7-13(11)15(24-27)6-12(10)14(19)2-3-18(19)26/h7-8,10,12,14,18,25-27H,2-6,9H2,1H3/b24-15-/t10-,12-,14+,18+,19+/m1/s1. The minimum Gasteiger partial charge on any atom is -0.504 e. The van der Waals surface area contributed by atoms with Crippen LogP contribution in [0, 0.1) is 17.3 Å². The first-order valence-electron chi connectivity index (χ1n) is 9.60. The summed E-state index contributed by atoms with van der Waals surface area (Å²) in [6.45, 7) is 0.618. The number of fused-ring (bicyclic) bond motifs is 5. The molecule has 3 aliphatic carbocycles. The smallest absolute Gasteiger partial charge is 0.422 e. The summed E-state index contributed by atoms with van der Waals surface area (Å²) in [4.78, 5) is 0. The van der Waals surface area contributed by atoms with Crippen LogP contribution in [-0.2, 0) is 0 Å². The number of oxime groups is 1. The molecule has 8 heteroatoms. The van der Waals surface area contributed by atoms with Gasteiger partial charge in [0.05, 0.1) is 11.8 Å². The van der Waals surface area contributed by atoms with Gasteiger partial charge in [-0.05, 0) is 73.0 Å². The van der Waals surface area contributed by atoms with Crippen LogP contribution in [0.2, 0.25) is 0 Å². The van der Waals surface area contributed by atoms with Gasteiger partial charge in [-0.3, -0.25) is 0 Å². The van der Waals surface area contributed by atoms with E-state index in [9.17, 15) is 28.6 Å². The number of aliphatic hydroxyl groups is 1. The van der Waals surface area contributed by atoms with Crippen LogP contribution in [0.4, 0.5) is 13.2 Å². The molecular formula is C20H24F3NO4. The lowest BCUT2D eigenvalue weighted by molar-refractivity contribution is -0.153. The lowest BCUT2D eigenvalue weighted by Gasteiger charge is -2.50. The average Bonchev–Trinajstić information content (AvgIpc) is 2.93. The average molecular weight is 399 g/mol. The second-order valence-corrected chi connectivity index (χ2v) is 8.58. The molecule has 0 unspecified atom stereocenters. The number of aromatic hydroxyl groups is 1. The van der Waals surface area contributed by atoms with Gasteiger partial charge >= 0.3 is 6.18 Å². The fraction of sp³-hybridized carbons (Fsp3) is 0.650. The van der Waals surface area contributed by atoms with Gasteiger partial charge in [-0.2, -0.15) is 13.2 Å². The van der Waals surface area contributed by atoms with E-state index in [1.807, 2.05) is 0 Å². The fourth-order valence-corrected chi connectivity index (χ4v) is 5.77. The van der Waals surface area contributed by atoms with E-state index in [4.69, 9.17) is 4.74 Å². The lowest BCUT2D eigenvalue weighted by Crippen LogP contribution is -2.45. The van der Waals surface area contributed by atoms with Crippen molar-refractivity contribution in [3.8, 4) is 11.5 Å². The Kier molecular flexibility index (Phi) is 4.52. The maximum atomic E-state index is 12.5. The van der Waals surface area contributed by atoms with Crippen molar-refractivity contribution in [1.29, 1.82) is 0 Å². The molecule has 28 heavy (non-hydrogen) atoms. The van der Waals surface area contributed by atoms with Gasteiger partial charge in [0.2, 0.25) is 0 Å². The zero-order valence-electron chi connectivity index (χ0n) is 15.5. The first-order chi connectivity index (χ1) is 13.1. The van der Waals surface area contributed by atoms with Crippen molar-refractivity contribution in [2.24, 2.45) is 22.4 Å². The summed E-state index contributed by atoms with van der Waals surface area (Å²) >= 11 is 0. The Bertz CT molecular complexity index is 809. The maximum absolute atomic E-state index is 12.5. The Hall–Kier alpha value is -1.96. The van der Waals surface area contributed by atoms with Crippen molar-refractivity contribution in [2.75, 3.05) is 6.61 Å². The molecule has 2 fully saturated rings. The number of hydrogen-bond acceptors (Lipinski definition) is 5. The van der Waals surface area contributed by atoms with Crippen molar-refractivity contribution >= 4 is 5.71 Å². The number of phenolic OH excluding ortho intramolecular Hbond substituents is 1. The maximum Gasteiger partial charge on any atom is 0.422 e. The number of ether oxygens (including phenoxy) is 1. The number of phenols is 1. The summed E-state index contributed by atoms with van der Waals surface area (Å²) < 4.78 is 42.4. The second-order valence-electron chi connectivity index (χ2n) is 8.58. The van der Waals surface area contributed by atoms with E-state index < -0.39 is 18.5 Å². The number of rotatable bonds is 2. The van der Waals surface area contributed by atoms with Gasteiger partial charge in [0.1, 0.15) is 0 Å². The highest BCUT2D eigenvalue weighted by atomic mass is 19.4. The van der Waals surface area contributed by atoms with Crippen LogP contribution in [0.1, 0.15) is 56.1 Å². The van der Waals surface area contributed by atoms with E-state index in [2.05, 4.69) is 12.1 Å². The van der Waals surface area contributed by atoms with Gasteiger partial charge < -0.3 is 20.2 Å². The predicted octanol–water partition coefficient (Wildman–Crippen LogP) is 4.19. The summed E-state index contributed by atoms with van der Waals surface area (Å²) in [6.07, 6.45) is -1.13. The zero-order valence-corrected chi connectivity index (χ0v) is 15.5. The van der Waals surface area contributed by atoms with Gasteiger partial charge in [0, 0.05) is 5.56 Å². The summed E-state index contributed by atoms with van der Waals surface area (Å²) in [5.74, 6) is -0.167. The molecule has 0 saturated heterocycles. The number of nitrogens with zero attached hydrogens (tertiary/aromatic N) is 1. The Morgan fingerprint density at radius 3 is 2.68 bits per heavy atom. The van der Waals surface area contributed by atoms with Gasteiger partial charge in [-0.25, -0.2) is 0 Å². The molecule has 0 amide bonds. The second kappa shape index (κ2) is 6.54. The van der Waals surface area contributed by atoms with Crippen LogP contribution in [0.15, 0.2) is 17.3 Å². The van der Waals surface area contributed by atoms with Crippen LogP contribution in [0.25, 0.3) is 0 Å². The third-order valence-corrected chi connectivity index (χ3v) is 7.17. The number of benzene rings is 1. The number of alkyl halides is 3. The molecule has 0 aliphatic heterocycles. The number of halogens is 3. The summed E-state index contributed by atoms with van der Waals surface area (Å²) in [7, 11) is 0. The monoisotopic (exact) mass is 399 g/mol. The molecule has 0 heterocycles. The quantitative estimate of drug-likeness (QED) is 0.515. The van der Waals surface area contributed by atoms with Crippen LogP contribution >= 0.6 is 0 Å². The van der Waals surface area contributed by atoms with Gasteiger partial charge in [-0.15, -0.1) is 0 Å². The summed E-state index contributed by atoms with van der Waals surface area (Å²) in [6, 6.07) is 2.80. The van der Waals surface area contributed by atoms with Gasteiger partial charge in [0.15, 0.2) is 18.1 Å². The molecule has 0 radical (unpaired) electrons. The van der Waals surface area contributed by atoms with Crippen molar-refractivity contribution < 1.29 is 33.3 Å². The number of aliphatic hydroxyl groups excluding tert-OH is 1. The Labute approximate surface area is 160 Å². The van der Waals surface area contributed by atoms with Crippen molar-refractivity contribution in [2.45, 2.75) is 57.2 Å². The minimum atomic E-state index is -4.50. The molecule has 0 bridgehead atoms. The zero-order chi connectivity index (χ0) is 20.3. The fourth-order valence-electron chi connectivity index (χ4n) is 5.77. The molecule has 1 aromatic rings. The van der Waals surface area contributed by atoms with E-state index in [0.29, 0.717) is 17.7 Å². The Morgan fingerprint density at radius 1 is 1.25 bits per heavy atom. The largest absolute Gasteiger partial charge is 0.504 e. The van der Waals surface area contributed by atoms with Crippen molar-refractivity contribution in [3.05, 3.63) is 23.3 Å². The van der Waals surface area contributed by atoms with Crippen molar-refractivity contribution in [1.82, 2.24) is 0 Å². The van der Waals surface area contributed by atoms with E-state index in [0.717, 1.165) is 31.2 Å². The van der Waals surface area contributed by atoms with E-state index in [1.165, 1.54) is 12.1 Å². The molecular weight excluding hydrogens is 375 g/mol. The topological polar surface area (TPSA) is 82.3 Å². The molecule has 0 spiro atoms. The highest BCUT2D eigenvalue weighted by molar-refractivity contribution is 6.03. The van der Waals surface area contributed by atoms with E-state index in [1.54, 1.807) is 0 Å². The minimum absolute atomic E-state index is 0.0673. The van der Waals surface area contributed by atoms with Crippen LogP contribution in [0.5, 0.6) is 11.5 Å². The first kappa shape index (κ1) is 19.4. The lowest BCUT2D eigenvalue weighted by atomic mass is 9.55. The molecule has 4 rings (SSSR count). The van der Waals surface area contributed by atoms with Crippen LogP contribution in [0.3, 0.4) is 0 Å². The molecule has 1 aromatic carbocycles. The Balaban J connectivity index is 1.72. The van der Waals surface area contributed by atoms with Gasteiger partial charge in [0.25, 0.3) is 0 Å². The van der Waals surface area contributed by atoms with Crippen molar-refractivity contribution in [3.63, 3.8) is 0 Å². The molecule has 0 aromatic heterocycles. The summed E-state index contributed by atoms with van der Waals surface area (Å²) in [5.41, 5.74) is 1.54. The number of hydrogen-bond donors (Lipinski definition) is 3. The highest BCUT2D eigenvalue weighted by Gasteiger charge is 2.55. The third kappa shape index (κ3) is 3.02. The predicted molar refractivity (Wildman–Crippen MR) is 94.9 cm³/mol. The third-order valence-electron chi connectivity index (χ3n) is 7.17. The Morgan fingerprint density at radius 2 is 2.00 bits per heavy atom. The summed E-state index contributed by atoms with van der Waals surface area (Å²) in [5, 5.41) is 33.6. The normalized spacial score (nSPS) is 36.0. The molecule has 5 nitrogen and oxygen atoms in total. The first-order valence-corrected chi connectivity index (χ1v) is 9.60.